The van der Waals surface area contributed by atoms with Crippen LogP contribution in [0.5, 0.6) is 0 Å². The summed E-state index contributed by atoms with van der Waals surface area (Å²) in [7, 11) is 4.85. The van der Waals surface area contributed by atoms with Crippen molar-refractivity contribution < 1.29 is 19.1 Å². The third kappa shape index (κ3) is 5.17. The van der Waals surface area contributed by atoms with Gasteiger partial charge in [0.1, 0.15) is 0 Å². The number of nitrogens with zero attached hydrogens (tertiary/aromatic N) is 2. The first kappa shape index (κ1) is 20.2. The molecule has 6 heteroatoms. The van der Waals surface area contributed by atoms with E-state index in [-0.39, 0.29) is 22.9 Å². The number of hydrogen-bond acceptors (Lipinski definition) is 4. The molecule has 0 unspecified atom stereocenters. The number of carbonyl (C=O) groups is 3. The molecule has 0 heterocycles. The van der Waals surface area contributed by atoms with Crippen molar-refractivity contribution in [2.45, 2.75) is 19.6 Å². The van der Waals surface area contributed by atoms with E-state index in [1.165, 1.54) is 22.8 Å². The van der Waals surface area contributed by atoms with Gasteiger partial charge in [-0.05, 0) is 24.6 Å². The molecule has 0 aliphatic heterocycles. The molecule has 142 valence electrons. The maximum atomic E-state index is 12.8. The van der Waals surface area contributed by atoms with Crippen LogP contribution in [0.25, 0.3) is 0 Å². The molecule has 6 nitrogen and oxygen atoms in total. The highest BCUT2D eigenvalue weighted by atomic mass is 16.5. The van der Waals surface area contributed by atoms with Crippen molar-refractivity contribution in [2.75, 3.05) is 21.1 Å². The second kappa shape index (κ2) is 8.98. The molecule has 0 bridgehead atoms. The van der Waals surface area contributed by atoms with E-state index < -0.39 is 12.1 Å². The Balaban J connectivity index is 2.17. The van der Waals surface area contributed by atoms with Gasteiger partial charge >= 0.3 is 5.97 Å². The maximum absolute atomic E-state index is 12.8. The molecule has 1 atom stereocenters. The highest BCUT2D eigenvalue weighted by molar-refractivity contribution is 6.05. The van der Waals surface area contributed by atoms with E-state index in [9.17, 15) is 14.4 Å². The standard InChI is InChI=1S/C21H24N2O4/c1-15(19(24)22(2)3)27-21(26)18-13-9-8-12-17(18)20(25)23(4)14-16-10-6-5-7-11-16/h5-13,15H,14H2,1-4H3/t15-/m1/s1. The lowest BCUT2D eigenvalue weighted by atomic mass is 10.1. The largest absolute Gasteiger partial charge is 0.449 e. The first-order chi connectivity index (χ1) is 12.8. The van der Waals surface area contributed by atoms with E-state index >= 15 is 0 Å². The molecule has 0 N–H and O–H groups in total. The summed E-state index contributed by atoms with van der Waals surface area (Å²) in [5.41, 5.74) is 1.37. The molecule has 0 saturated heterocycles. The smallest absolute Gasteiger partial charge is 0.339 e. The van der Waals surface area contributed by atoms with Crippen LogP contribution in [-0.2, 0) is 16.1 Å². The van der Waals surface area contributed by atoms with Gasteiger partial charge in [0.05, 0.1) is 11.1 Å². The summed E-state index contributed by atoms with van der Waals surface area (Å²) in [6, 6.07) is 16.0. The van der Waals surface area contributed by atoms with Gasteiger partial charge in [0.15, 0.2) is 6.10 Å². The van der Waals surface area contributed by atoms with Gasteiger partial charge < -0.3 is 14.5 Å². The van der Waals surface area contributed by atoms with Gasteiger partial charge in [-0.1, -0.05) is 42.5 Å². The zero-order chi connectivity index (χ0) is 20.0. The molecule has 0 aromatic heterocycles. The van der Waals surface area contributed by atoms with Crippen LogP contribution in [0.4, 0.5) is 0 Å². The Labute approximate surface area is 159 Å². The molecule has 27 heavy (non-hydrogen) atoms. The lowest BCUT2D eigenvalue weighted by Gasteiger charge is -2.20. The third-order valence-corrected chi connectivity index (χ3v) is 4.06. The van der Waals surface area contributed by atoms with Crippen molar-refractivity contribution >= 4 is 17.8 Å². The van der Waals surface area contributed by atoms with E-state index in [0.29, 0.717) is 6.54 Å². The van der Waals surface area contributed by atoms with E-state index in [4.69, 9.17) is 4.74 Å². The molecule has 0 spiro atoms. The Bertz CT molecular complexity index is 818. The van der Waals surface area contributed by atoms with Crippen molar-refractivity contribution in [1.29, 1.82) is 0 Å². The summed E-state index contributed by atoms with van der Waals surface area (Å²) in [5.74, 6) is -1.32. The molecule has 2 rings (SSSR count). The van der Waals surface area contributed by atoms with Crippen molar-refractivity contribution in [3.8, 4) is 0 Å². The van der Waals surface area contributed by atoms with Gasteiger partial charge in [0.2, 0.25) is 0 Å². The van der Waals surface area contributed by atoms with Gasteiger partial charge in [0.25, 0.3) is 11.8 Å². The van der Waals surface area contributed by atoms with E-state index in [1.807, 2.05) is 30.3 Å². The van der Waals surface area contributed by atoms with Crippen molar-refractivity contribution in [3.05, 3.63) is 71.3 Å². The van der Waals surface area contributed by atoms with Crippen LogP contribution >= 0.6 is 0 Å². The van der Waals surface area contributed by atoms with Crippen molar-refractivity contribution in [1.82, 2.24) is 9.80 Å². The number of likely N-dealkylation sites (N-methyl/N-ethyl adjacent to an activating group) is 1. The Morgan fingerprint density at radius 2 is 1.44 bits per heavy atom. The minimum atomic E-state index is -0.933. The van der Waals surface area contributed by atoms with Crippen molar-refractivity contribution in [2.24, 2.45) is 0 Å². The number of ether oxygens (including phenoxy) is 1. The van der Waals surface area contributed by atoms with Crippen LogP contribution in [-0.4, -0.2) is 54.8 Å². The summed E-state index contributed by atoms with van der Waals surface area (Å²) >= 11 is 0. The summed E-state index contributed by atoms with van der Waals surface area (Å²) in [4.78, 5) is 40.2. The molecule has 2 aromatic rings. The number of hydrogen-bond donors (Lipinski definition) is 0. The van der Waals surface area contributed by atoms with E-state index in [1.54, 1.807) is 39.3 Å². The highest BCUT2D eigenvalue weighted by Crippen LogP contribution is 2.15. The van der Waals surface area contributed by atoms with Gasteiger partial charge in [-0.2, -0.15) is 0 Å². The molecule has 0 aliphatic rings. The first-order valence-corrected chi connectivity index (χ1v) is 8.61. The zero-order valence-corrected chi connectivity index (χ0v) is 16.0. The summed E-state index contributed by atoms with van der Waals surface area (Å²) in [6.45, 7) is 1.92. The highest BCUT2D eigenvalue weighted by Gasteiger charge is 2.24. The SMILES string of the molecule is C[C@@H](OC(=O)c1ccccc1C(=O)N(C)Cc1ccccc1)C(=O)N(C)C. The average Bonchev–Trinajstić information content (AvgIpc) is 2.67. The fourth-order valence-corrected chi connectivity index (χ4v) is 2.62. The number of benzene rings is 2. The first-order valence-electron chi connectivity index (χ1n) is 8.61. The molecule has 2 aromatic carbocycles. The van der Waals surface area contributed by atoms with Crippen LogP contribution in [0.1, 0.15) is 33.2 Å². The molecule has 0 saturated carbocycles. The molecule has 0 fully saturated rings. The second-order valence-corrected chi connectivity index (χ2v) is 6.47. The molecule has 0 radical (unpaired) electrons. The number of carbonyl (C=O) groups excluding carboxylic acids is 3. The quantitative estimate of drug-likeness (QED) is 0.735. The number of rotatable bonds is 6. The molecular formula is C21H24N2O4. The van der Waals surface area contributed by atoms with Gasteiger partial charge in [0, 0.05) is 27.7 Å². The average molecular weight is 368 g/mol. The lowest BCUT2D eigenvalue weighted by Crippen LogP contribution is -2.35. The Kier molecular flexibility index (Phi) is 6.71. The number of amides is 2. The minimum absolute atomic E-state index is 0.140. The Hall–Kier alpha value is -3.15. The molecule has 2 amide bonds. The lowest BCUT2D eigenvalue weighted by molar-refractivity contribution is -0.137. The normalized spacial score (nSPS) is 11.4. The van der Waals surface area contributed by atoms with Gasteiger partial charge in [-0.15, -0.1) is 0 Å². The van der Waals surface area contributed by atoms with Crippen LogP contribution in [0.2, 0.25) is 0 Å². The van der Waals surface area contributed by atoms with Gasteiger partial charge in [-0.3, -0.25) is 9.59 Å². The topological polar surface area (TPSA) is 66.9 Å². The van der Waals surface area contributed by atoms with Crippen LogP contribution in [0.3, 0.4) is 0 Å². The van der Waals surface area contributed by atoms with E-state index in [2.05, 4.69) is 0 Å². The molecular weight excluding hydrogens is 344 g/mol. The number of esters is 1. The molecule has 0 aliphatic carbocycles. The summed E-state index contributed by atoms with van der Waals surface area (Å²) < 4.78 is 5.25. The van der Waals surface area contributed by atoms with Crippen LogP contribution in [0, 0.1) is 0 Å². The van der Waals surface area contributed by atoms with Crippen molar-refractivity contribution in [3.63, 3.8) is 0 Å². The second-order valence-electron chi connectivity index (χ2n) is 6.47. The van der Waals surface area contributed by atoms with Crippen LogP contribution < -0.4 is 0 Å². The predicted molar refractivity (Wildman–Crippen MR) is 102 cm³/mol. The Morgan fingerprint density at radius 3 is 2.04 bits per heavy atom. The van der Waals surface area contributed by atoms with Crippen LogP contribution in [0.15, 0.2) is 54.6 Å². The Morgan fingerprint density at radius 1 is 0.889 bits per heavy atom. The predicted octanol–water partition coefficient (Wildman–Crippen LogP) is 2.59. The third-order valence-electron chi connectivity index (χ3n) is 4.06. The summed E-state index contributed by atoms with van der Waals surface area (Å²) in [6.07, 6.45) is -0.933. The minimum Gasteiger partial charge on any atom is -0.449 e. The fourth-order valence-electron chi connectivity index (χ4n) is 2.62. The zero-order valence-electron chi connectivity index (χ0n) is 16.0. The monoisotopic (exact) mass is 368 g/mol. The fraction of sp³-hybridized carbons (Fsp3) is 0.286. The maximum Gasteiger partial charge on any atom is 0.339 e. The van der Waals surface area contributed by atoms with E-state index in [0.717, 1.165) is 5.56 Å². The van der Waals surface area contributed by atoms with Gasteiger partial charge in [-0.25, -0.2) is 4.79 Å². The summed E-state index contributed by atoms with van der Waals surface area (Å²) in [5, 5.41) is 0.